The highest BCUT2D eigenvalue weighted by molar-refractivity contribution is 5.76. The Morgan fingerprint density at radius 1 is 1.28 bits per heavy atom. The second kappa shape index (κ2) is 7.59. The summed E-state index contributed by atoms with van der Waals surface area (Å²) in [6.45, 7) is 2.04. The lowest BCUT2D eigenvalue weighted by molar-refractivity contribution is -0.137. The number of ether oxygens (including phenoxy) is 1. The lowest BCUT2D eigenvalue weighted by atomic mass is 10.0. The van der Waals surface area contributed by atoms with Gasteiger partial charge in [-0.15, -0.1) is 0 Å². The maximum Gasteiger partial charge on any atom is 0.417 e. The van der Waals surface area contributed by atoms with Gasteiger partial charge in [-0.3, -0.25) is 4.79 Å². The average molecular weight is 357 g/mol. The Balaban J connectivity index is 1.45. The van der Waals surface area contributed by atoms with Gasteiger partial charge in [0.2, 0.25) is 5.91 Å². The minimum absolute atomic E-state index is 0.0120. The Morgan fingerprint density at radius 3 is 2.60 bits per heavy atom. The van der Waals surface area contributed by atoms with Gasteiger partial charge in [0.1, 0.15) is 5.82 Å². The lowest BCUT2D eigenvalue weighted by Gasteiger charge is -2.33. The Kier molecular flexibility index (Phi) is 5.46. The smallest absolute Gasteiger partial charge is 0.378 e. The van der Waals surface area contributed by atoms with Crippen LogP contribution in [0.25, 0.3) is 0 Å². The van der Waals surface area contributed by atoms with E-state index in [2.05, 4.69) is 10.3 Å². The summed E-state index contributed by atoms with van der Waals surface area (Å²) in [5, 5.41) is 3.03. The van der Waals surface area contributed by atoms with Crippen LogP contribution in [0.4, 0.5) is 19.0 Å². The van der Waals surface area contributed by atoms with E-state index in [1.807, 2.05) is 4.90 Å². The van der Waals surface area contributed by atoms with Crippen LogP contribution in [0, 0.1) is 0 Å². The highest BCUT2D eigenvalue weighted by Gasteiger charge is 2.31. The molecule has 1 N–H and O–H groups in total. The van der Waals surface area contributed by atoms with Gasteiger partial charge in [-0.05, 0) is 37.8 Å². The molecule has 1 atom stereocenters. The molecule has 3 heterocycles. The average Bonchev–Trinajstić information content (AvgIpc) is 3.08. The Labute approximate surface area is 144 Å². The van der Waals surface area contributed by atoms with Crippen molar-refractivity contribution in [1.82, 2.24) is 10.3 Å². The predicted octanol–water partition coefficient (Wildman–Crippen LogP) is 2.75. The van der Waals surface area contributed by atoms with Crippen LogP contribution < -0.4 is 10.2 Å². The first-order valence-corrected chi connectivity index (χ1v) is 8.61. The summed E-state index contributed by atoms with van der Waals surface area (Å²) < 4.78 is 43.2. The van der Waals surface area contributed by atoms with Crippen molar-refractivity contribution in [2.24, 2.45) is 0 Å². The molecule has 1 amide bonds. The summed E-state index contributed by atoms with van der Waals surface area (Å²) in [7, 11) is 0. The van der Waals surface area contributed by atoms with Crippen molar-refractivity contribution in [3.63, 3.8) is 0 Å². The molecule has 25 heavy (non-hydrogen) atoms. The zero-order valence-electron chi connectivity index (χ0n) is 13.9. The van der Waals surface area contributed by atoms with Crippen LogP contribution in [-0.4, -0.2) is 42.7 Å². The molecular weight excluding hydrogens is 335 g/mol. The van der Waals surface area contributed by atoms with Gasteiger partial charge in [-0.1, -0.05) is 0 Å². The van der Waals surface area contributed by atoms with Crippen LogP contribution in [-0.2, 0) is 15.7 Å². The number of alkyl halides is 3. The standard InChI is InChI=1S/C17H22F3N3O2/c18-17(19,20)12-3-4-15(21-11-12)23-7-5-13(6-8-23)22-16(24)10-14-2-1-9-25-14/h3-4,11,13-14H,1-2,5-10H2,(H,22,24). The highest BCUT2D eigenvalue weighted by Crippen LogP contribution is 2.29. The van der Waals surface area contributed by atoms with E-state index in [0.29, 0.717) is 25.3 Å². The third-order valence-electron chi connectivity index (χ3n) is 4.70. The van der Waals surface area contributed by atoms with Crippen LogP contribution in [0.3, 0.4) is 0 Å². The molecule has 2 fully saturated rings. The first-order chi connectivity index (χ1) is 11.9. The number of hydrogen-bond donors (Lipinski definition) is 1. The fourth-order valence-electron chi connectivity index (χ4n) is 3.29. The number of amides is 1. The van der Waals surface area contributed by atoms with Crippen LogP contribution in [0.5, 0.6) is 0 Å². The molecule has 0 radical (unpaired) electrons. The van der Waals surface area contributed by atoms with Gasteiger partial charge < -0.3 is 15.0 Å². The summed E-state index contributed by atoms with van der Waals surface area (Å²) in [5.74, 6) is 0.551. The molecule has 5 nitrogen and oxygen atoms in total. The number of nitrogens with zero attached hydrogens (tertiary/aromatic N) is 2. The number of piperidine rings is 1. The molecule has 8 heteroatoms. The summed E-state index contributed by atoms with van der Waals surface area (Å²) in [5.41, 5.74) is -0.743. The maximum absolute atomic E-state index is 12.6. The van der Waals surface area contributed by atoms with E-state index >= 15 is 0 Å². The van der Waals surface area contributed by atoms with Gasteiger partial charge in [-0.25, -0.2) is 4.98 Å². The summed E-state index contributed by atoms with van der Waals surface area (Å²) in [6, 6.07) is 2.55. The molecule has 0 aromatic carbocycles. The van der Waals surface area contributed by atoms with E-state index in [0.717, 1.165) is 44.6 Å². The van der Waals surface area contributed by atoms with Gasteiger partial charge >= 0.3 is 6.18 Å². The van der Waals surface area contributed by atoms with Crippen molar-refractivity contribution in [3.05, 3.63) is 23.9 Å². The highest BCUT2D eigenvalue weighted by atomic mass is 19.4. The van der Waals surface area contributed by atoms with Gasteiger partial charge in [-0.2, -0.15) is 13.2 Å². The first-order valence-electron chi connectivity index (χ1n) is 8.61. The molecule has 1 aromatic rings. The number of rotatable bonds is 4. The second-order valence-corrected chi connectivity index (χ2v) is 6.57. The first kappa shape index (κ1) is 18.0. The fraction of sp³-hybridized carbons (Fsp3) is 0.647. The van der Waals surface area contributed by atoms with Gasteiger partial charge in [0.25, 0.3) is 0 Å². The molecular formula is C17H22F3N3O2. The molecule has 2 saturated heterocycles. The maximum atomic E-state index is 12.6. The molecule has 0 aliphatic carbocycles. The molecule has 2 aliphatic heterocycles. The van der Waals surface area contributed by atoms with E-state index in [-0.39, 0.29) is 18.1 Å². The molecule has 1 aromatic heterocycles. The number of pyridine rings is 1. The number of hydrogen-bond acceptors (Lipinski definition) is 4. The third-order valence-corrected chi connectivity index (χ3v) is 4.70. The Hall–Kier alpha value is -1.83. The molecule has 1 unspecified atom stereocenters. The van der Waals surface area contributed by atoms with Crippen LogP contribution >= 0.6 is 0 Å². The van der Waals surface area contributed by atoms with E-state index in [1.54, 1.807) is 0 Å². The van der Waals surface area contributed by atoms with Crippen LogP contribution in [0.2, 0.25) is 0 Å². The minimum atomic E-state index is -4.37. The minimum Gasteiger partial charge on any atom is -0.378 e. The second-order valence-electron chi connectivity index (χ2n) is 6.57. The summed E-state index contributed by atoms with van der Waals surface area (Å²) >= 11 is 0. The Bertz CT molecular complexity index is 578. The van der Waals surface area contributed by atoms with E-state index in [9.17, 15) is 18.0 Å². The monoisotopic (exact) mass is 357 g/mol. The van der Waals surface area contributed by atoms with Crippen LogP contribution in [0.1, 0.15) is 37.7 Å². The van der Waals surface area contributed by atoms with Gasteiger partial charge in [0.05, 0.1) is 18.1 Å². The van der Waals surface area contributed by atoms with Crippen LogP contribution in [0.15, 0.2) is 18.3 Å². The zero-order valence-corrected chi connectivity index (χ0v) is 13.9. The van der Waals surface area contributed by atoms with Gasteiger partial charge in [0, 0.05) is 31.9 Å². The quantitative estimate of drug-likeness (QED) is 0.900. The van der Waals surface area contributed by atoms with Gasteiger partial charge in [0.15, 0.2) is 0 Å². The molecule has 3 rings (SSSR count). The fourth-order valence-corrected chi connectivity index (χ4v) is 3.29. The molecule has 0 spiro atoms. The Morgan fingerprint density at radius 2 is 2.04 bits per heavy atom. The van der Waals surface area contributed by atoms with Crippen molar-refractivity contribution in [2.75, 3.05) is 24.6 Å². The van der Waals surface area contributed by atoms with Crippen molar-refractivity contribution in [1.29, 1.82) is 0 Å². The lowest BCUT2D eigenvalue weighted by Crippen LogP contribution is -2.45. The van der Waals surface area contributed by atoms with Crippen molar-refractivity contribution in [3.8, 4) is 0 Å². The van der Waals surface area contributed by atoms with E-state index in [4.69, 9.17) is 4.74 Å². The number of carbonyl (C=O) groups excluding carboxylic acids is 1. The van der Waals surface area contributed by atoms with E-state index in [1.165, 1.54) is 6.07 Å². The van der Waals surface area contributed by atoms with E-state index < -0.39 is 11.7 Å². The molecule has 138 valence electrons. The van der Waals surface area contributed by atoms with Crippen molar-refractivity contribution >= 4 is 11.7 Å². The largest absolute Gasteiger partial charge is 0.417 e. The number of carbonyl (C=O) groups is 1. The third kappa shape index (κ3) is 4.84. The topological polar surface area (TPSA) is 54.5 Å². The summed E-state index contributed by atoms with van der Waals surface area (Å²) in [4.78, 5) is 17.9. The zero-order chi connectivity index (χ0) is 17.9. The van der Waals surface area contributed by atoms with Crippen molar-refractivity contribution < 1.29 is 22.7 Å². The number of halogens is 3. The molecule has 0 bridgehead atoms. The predicted molar refractivity (Wildman–Crippen MR) is 86.2 cm³/mol. The molecule has 0 saturated carbocycles. The SMILES string of the molecule is O=C(CC1CCCO1)NC1CCN(c2ccc(C(F)(F)F)cn2)CC1. The number of anilines is 1. The number of nitrogens with one attached hydrogen (secondary N) is 1. The van der Waals surface area contributed by atoms with Crippen molar-refractivity contribution in [2.45, 2.75) is 50.4 Å². The number of aromatic nitrogens is 1. The summed E-state index contributed by atoms with van der Waals surface area (Å²) in [6.07, 6.45) is 0.385. The molecule has 2 aliphatic rings. The normalized spacial score (nSPS) is 22.2.